The molecule has 2 heterocycles. The van der Waals surface area contributed by atoms with Crippen molar-refractivity contribution < 1.29 is 4.42 Å². The second-order valence-corrected chi connectivity index (χ2v) is 2.90. The monoisotopic (exact) mass is 180 g/mol. The first-order valence-corrected chi connectivity index (χ1v) is 3.79. The fraction of sp³-hybridized carbons (Fsp3) is 0.250. The number of aromatic amines is 1. The molecule has 0 radical (unpaired) electrons. The summed E-state index contributed by atoms with van der Waals surface area (Å²) >= 11 is 0. The van der Waals surface area contributed by atoms with Crippen LogP contribution in [-0.4, -0.2) is 9.78 Å². The largest absolute Gasteiger partial charge is 0.455 e. The lowest BCUT2D eigenvalue weighted by Crippen LogP contribution is -2.26. The van der Waals surface area contributed by atoms with Crippen molar-refractivity contribution in [3.63, 3.8) is 0 Å². The van der Waals surface area contributed by atoms with Crippen molar-refractivity contribution in [3.05, 3.63) is 32.5 Å². The molecule has 0 aliphatic rings. The van der Waals surface area contributed by atoms with E-state index >= 15 is 0 Å². The van der Waals surface area contributed by atoms with E-state index in [9.17, 15) is 9.59 Å². The summed E-state index contributed by atoms with van der Waals surface area (Å²) in [4.78, 5) is 22.7. The first kappa shape index (κ1) is 7.85. The van der Waals surface area contributed by atoms with Gasteiger partial charge in [-0.1, -0.05) is 0 Å². The highest BCUT2D eigenvalue weighted by molar-refractivity contribution is 5.75. The highest BCUT2D eigenvalue weighted by atomic mass is 16.3. The Hall–Kier alpha value is -1.78. The Bertz CT molecular complexity index is 573. The molecule has 68 valence electrons. The quantitative estimate of drug-likeness (QED) is 0.626. The fourth-order valence-corrected chi connectivity index (χ4v) is 1.26. The average molecular weight is 180 g/mol. The zero-order valence-electron chi connectivity index (χ0n) is 7.25. The lowest BCUT2D eigenvalue weighted by atomic mass is 10.3. The third kappa shape index (κ3) is 1.00. The van der Waals surface area contributed by atoms with E-state index in [-0.39, 0.29) is 16.7 Å². The number of nitrogens with zero attached hydrogens (tertiary/aromatic N) is 1. The SMILES string of the molecule is Cc1cc2c(=O)[nH]n(C)c(=O)c2o1. The summed E-state index contributed by atoms with van der Waals surface area (Å²) in [5.74, 6) is 0.559. The predicted molar refractivity (Wildman–Crippen MR) is 46.8 cm³/mol. The van der Waals surface area contributed by atoms with E-state index in [0.717, 1.165) is 4.68 Å². The third-order valence-corrected chi connectivity index (χ3v) is 1.87. The Morgan fingerprint density at radius 3 is 2.85 bits per heavy atom. The molecule has 5 nitrogen and oxygen atoms in total. The number of H-pyrrole nitrogens is 1. The molecule has 0 spiro atoms. The molecule has 0 saturated heterocycles. The number of furan rings is 1. The number of nitrogens with one attached hydrogen (secondary N) is 1. The van der Waals surface area contributed by atoms with Crippen LogP contribution in [-0.2, 0) is 7.05 Å². The Kier molecular flexibility index (Phi) is 1.42. The Morgan fingerprint density at radius 2 is 2.15 bits per heavy atom. The lowest BCUT2D eigenvalue weighted by Gasteiger charge is -1.94. The summed E-state index contributed by atoms with van der Waals surface area (Å²) in [6, 6.07) is 1.55. The van der Waals surface area contributed by atoms with Crippen LogP contribution in [0, 0.1) is 6.92 Å². The zero-order chi connectivity index (χ0) is 9.59. The van der Waals surface area contributed by atoms with Crippen molar-refractivity contribution >= 4 is 11.0 Å². The van der Waals surface area contributed by atoms with Crippen LogP contribution in [0.4, 0.5) is 0 Å². The van der Waals surface area contributed by atoms with Gasteiger partial charge in [-0.05, 0) is 13.0 Å². The molecular weight excluding hydrogens is 172 g/mol. The molecule has 13 heavy (non-hydrogen) atoms. The molecule has 0 amide bonds. The number of aryl methyl sites for hydroxylation is 2. The molecule has 0 aliphatic carbocycles. The minimum Gasteiger partial charge on any atom is -0.455 e. The van der Waals surface area contributed by atoms with Gasteiger partial charge in [-0.15, -0.1) is 0 Å². The smallest absolute Gasteiger partial charge is 0.308 e. The van der Waals surface area contributed by atoms with Crippen molar-refractivity contribution in [3.8, 4) is 0 Å². The maximum Gasteiger partial charge on any atom is 0.308 e. The van der Waals surface area contributed by atoms with Crippen LogP contribution in [0.2, 0.25) is 0 Å². The van der Waals surface area contributed by atoms with Gasteiger partial charge in [0.1, 0.15) is 5.76 Å². The van der Waals surface area contributed by atoms with E-state index in [2.05, 4.69) is 5.10 Å². The number of hydrogen-bond donors (Lipinski definition) is 1. The molecular formula is C8H8N2O3. The molecule has 0 saturated carbocycles. The summed E-state index contributed by atoms with van der Waals surface area (Å²) in [6.45, 7) is 1.69. The Labute approximate surface area is 72.6 Å². The van der Waals surface area contributed by atoms with E-state index in [1.165, 1.54) is 7.05 Å². The van der Waals surface area contributed by atoms with Gasteiger partial charge < -0.3 is 4.42 Å². The predicted octanol–water partition coefficient (Wildman–Crippen LogP) is 0.128. The topological polar surface area (TPSA) is 68.0 Å². The minimum atomic E-state index is -0.331. The number of hydrogen-bond acceptors (Lipinski definition) is 3. The van der Waals surface area contributed by atoms with E-state index in [4.69, 9.17) is 4.42 Å². The highest BCUT2D eigenvalue weighted by Gasteiger charge is 2.09. The second-order valence-electron chi connectivity index (χ2n) is 2.90. The molecule has 0 aliphatic heterocycles. The molecule has 1 N–H and O–H groups in total. The fourth-order valence-electron chi connectivity index (χ4n) is 1.26. The van der Waals surface area contributed by atoms with Crippen LogP contribution in [0.25, 0.3) is 11.0 Å². The summed E-state index contributed by atoms with van der Waals surface area (Å²) in [5, 5.41) is 2.69. The van der Waals surface area contributed by atoms with Crippen LogP contribution < -0.4 is 11.1 Å². The summed E-state index contributed by atoms with van der Waals surface area (Å²) in [5.41, 5.74) is -0.527. The maximum atomic E-state index is 11.4. The Morgan fingerprint density at radius 1 is 1.46 bits per heavy atom. The molecule has 0 aromatic carbocycles. The van der Waals surface area contributed by atoms with Gasteiger partial charge in [-0.2, -0.15) is 0 Å². The van der Waals surface area contributed by atoms with Crippen LogP contribution in [0.15, 0.2) is 20.1 Å². The summed E-state index contributed by atoms with van der Waals surface area (Å²) < 4.78 is 6.21. The standard InChI is InChI=1S/C8H8N2O3/c1-4-3-5-6(13-4)8(12)10(2)9-7(5)11/h3H,1-2H3,(H,9,11). The van der Waals surface area contributed by atoms with Crippen LogP contribution in [0.5, 0.6) is 0 Å². The van der Waals surface area contributed by atoms with E-state index in [1.54, 1.807) is 13.0 Å². The van der Waals surface area contributed by atoms with Crippen LogP contribution in [0.1, 0.15) is 5.76 Å². The molecule has 0 fully saturated rings. The first-order valence-electron chi connectivity index (χ1n) is 3.79. The summed E-state index contributed by atoms with van der Waals surface area (Å²) in [7, 11) is 1.47. The van der Waals surface area contributed by atoms with E-state index < -0.39 is 0 Å². The molecule has 5 heteroatoms. The zero-order valence-corrected chi connectivity index (χ0v) is 7.25. The van der Waals surface area contributed by atoms with Gasteiger partial charge >= 0.3 is 5.56 Å². The average Bonchev–Trinajstić information content (AvgIpc) is 2.44. The van der Waals surface area contributed by atoms with Gasteiger partial charge in [0.2, 0.25) is 5.58 Å². The second kappa shape index (κ2) is 2.35. The van der Waals surface area contributed by atoms with Crippen molar-refractivity contribution in [1.82, 2.24) is 9.78 Å². The normalized spacial score (nSPS) is 10.9. The first-order chi connectivity index (χ1) is 6.09. The summed E-state index contributed by atoms with van der Waals surface area (Å²) in [6.07, 6.45) is 0. The maximum absolute atomic E-state index is 11.4. The molecule has 2 rings (SSSR count). The van der Waals surface area contributed by atoms with Crippen molar-refractivity contribution in [2.75, 3.05) is 0 Å². The van der Waals surface area contributed by atoms with Gasteiger partial charge in [0.15, 0.2) is 0 Å². The number of rotatable bonds is 0. The Balaban J connectivity index is 3.14. The van der Waals surface area contributed by atoms with Crippen LogP contribution in [0.3, 0.4) is 0 Å². The van der Waals surface area contributed by atoms with E-state index in [1.807, 2.05) is 0 Å². The van der Waals surface area contributed by atoms with Gasteiger partial charge in [-0.3, -0.25) is 19.4 Å². The minimum absolute atomic E-state index is 0.115. The molecule has 2 aromatic heterocycles. The molecule has 0 bridgehead atoms. The van der Waals surface area contributed by atoms with Gasteiger partial charge in [0.05, 0.1) is 5.39 Å². The van der Waals surface area contributed by atoms with Crippen molar-refractivity contribution in [2.24, 2.45) is 7.05 Å². The van der Waals surface area contributed by atoms with Crippen molar-refractivity contribution in [1.29, 1.82) is 0 Å². The van der Waals surface area contributed by atoms with Crippen molar-refractivity contribution in [2.45, 2.75) is 6.92 Å². The molecule has 0 atom stereocenters. The van der Waals surface area contributed by atoms with Crippen LogP contribution >= 0.6 is 0 Å². The number of aromatic nitrogens is 2. The van der Waals surface area contributed by atoms with E-state index in [0.29, 0.717) is 11.1 Å². The van der Waals surface area contributed by atoms with Gasteiger partial charge in [0, 0.05) is 7.05 Å². The highest BCUT2D eigenvalue weighted by Crippen LogP contribution is 2.09. The van der Waals surface area contributed by atoms with Gasteiger partial charge in [0.25, 0.3) is 5.56 Å². The lowest BCUT2D eigenvalue weighted by molar-refractivity contribution is 0.563. The third-order valence-electron chi connectivity index (χ3n) is 1.87. The van der Waals surface area contributed by atoms with Gasteiger partial charge in [-0.25, -0.2) is 0 Å². The number of fused-ring (bicyclic) bond motifs is 1. The molecule has 2 aromatic rings. The molecule has 0 unspecified atom stereocenters.